The Morgan fingerprint density at radius 3 is 2.50 bits per heavy atom. The third-order valence-electron chi connectivity index (χ3n) is 5.13. The van der Waals surface area contributed by atoms with Gasteiger partial charge in [0, 0.05) is 5.69 Å². The molecule has 0 spiro atoms. The standard InChI is InChI=1S/C25H25N3O2/c1-3-19-12-14-20(15-13-19)26-25(29)16-28-22-10-6-5-9-21(22)27-24(28)17-30-23-11-7-4-8-18(23)2/h4-15H,3,16-17H2,1-2H3,(H,26,29). The molecule has 0 aliphatic carbocycles. The monoisotopic (exact) mass is 399 g/mol. The number of rotatable bonds is 7. The van der Waals surface area contributed by atoms with Crippen LogP contribution in [0, 0.1) is 6.92 Å². The van der Waals surface area contributed by atoms with E-state index in [0.29, 0.717) is 0 Å². The molecule has 152 valence electrons. The van der Waals surface area contributed by atoms with Gasteiger partial charge in [-0.05, 0) is 54.8 Å². The van der Waals surface area contributed by atoms with Crippen molar-refractivity contribution >= 4 is 22.6 Å². The Morgan fingerprint density at radius 1 is 1.00 bits per heavy atom. The van der Waals surface area contributed by atoms with Crippen LogP contribution in [0.5, 0.6) is 5.75 Å². The van der Waals surface area contributed by atoms with Crippen molar-refractivity contribution in [3.05, 3.63) is 89.7 Å². The molecule has 1 amide bonds. The molecule has 0 saturated heterocycles. The Balaban J connectivity index is 1.55. The lowest BCUT2D eigenvalue weighted by Gasteiger charge is -2.12. The summed E-state index contributed by atoms with van der Waals surface area (Å²) in [4.78, 5) is 17.5. The summed E-state index contributed by atoms with van der Waals surface area (Å²) in [7, 11) is 0. The van der Waals surface area contributed by atoms with Crippen LogP contribution in [-0.2, 0) is 24.4 Å². The molecule has 0 atom stereocenters. The van der Waals surface area contributed by atoms with Crippen LogP contribution in [0.1, 0.15) is 23.9 Å². The summed E-state index contributed by atoms with van der Waals surface area (Å²) < 4.78 is 7.92. The van der Waals surface area contributed by atoms with E-state index in [1.54, 1.807) is 0 Å². The number of nitrogens with one attached hydrogen (secondary N) is 1. The second-order valence-electron chi connectivity index (χ2n) is 7.26. The summed E-state index contributed by atoms with van der Waals surface area (Å²) in [5.74, 6) is 1.44. The van der Waals surface area contributed by atoms with Gasteiger partial charge >= 0.3 is 0 Å². The van der Waals surface area contributed by atoms with Gasteiger partial charge in [0.15, 0.2) is 0 Å². The Hall–Kier alpha value is -3.60. The summed E-state index contributed by atoms with van der Waals surface area (Å²) in [5.41, 5.74) is 4.86. The molecule has 5 nitrogen and oxygen atoms in total. The first kappa shape index (κ1) is 19.7. The number of ether oxygens (including phenoxy) is 1. The Labute approximate surface area is 176 Å². The van der Waals surface area contributed by atoms with Crippen molar-refractivity contribution in [3.8, 4) is 5.75 Å². The Bertz CT molecular complexity index is 1160. The van der Waals surface area contributed by atoms with E-state index < -0.39 is 0 Å². The van der Waals surface area contributed by atoms with Gasteiger partial charge in [0.2, 0.25) is 5.91 Å². The van der Waals surface area contributed by atoms with Crippen LogP contribution >= 0.6 is 0 Å². The number of para-hydroxylation sites is 3. The van der Waals surface area contributed by atoms with Crippen LogP contribution < -0.4 is 10.1 Å². The van der Waals surface area contributed by atoms with Crippen molar-refractivity contribution in [1.29, 1.82) is 0 Å². The maximum absolute atomic E-state index is 12.8. The Morgan fingerprint density at radius 2 is 1.73 bits per heavy atom. The van der Waals surface area contributed by atoms with Gasteiger partial charge < -0.3 is 14.6 Å². The van der Waals surface area contributed by atoms with E-state index in [4.69, 9.17) is 9.72 Å². The van der Waals surface area contributed by atoms with Crippen molar-refractivity contribution in [2.45, 2.75) is 33.4 Å². The average Bonchev–Trinajstić information content (AvgIpc) is 3.11. The number of hydrogen-bond donors (Lipinski definition) is 1. The molecule has 0 unspecified atom stereocenters. The highest BCUT2D eigenvalue weighted by Gasteiger charge is 2.15. The van der Waals surface area contributed by atoms with E-state index in [2.05, 4.69) is 12.2 Å². The first-order chi connectivity index (χ1) is 14.6. The number of benzene rings is 3. The summed E-state index contributed by atoms with van der Waals surface area (Å²) >= 11 is 0. The van der Waals surface area contributed by atoms with E-state index in [9.17, 15) is 4.79 Å². The van der Waals surface area contributed by atoms with Gasteiger partial charge in [-0.3, -0.25) is 4.79 Å². The maximum Gasteiger partial charge on any atom is 0.244 e. The molecule has 30 heavy (non-hydrogen) atoms. The fraction of sp³-hybridized carbons (Fsp3) is 0.200. The van der Waals surface area contributed by atoms with Gasteiger partial charge in [0.25, 0.3) is 0 Å². The van der Waals surface area contributed by atoms with Crippen molar-refractivity contribution < 1.29 is 9.53 Å². The Kier molecular flexibility index (Phi) is 5.80. The van der Waals surface area contributed by atoms with E-state index >= 15 is 0 Å². The quantitative estimate of drug-likeness (QED) is 0.469. The smallest absolute Gasteiger partial charge is 0.244 e. The molecular weight excluding hydrogens is 374 g/mol. The van der Waals surface area contributed by atoms with Gasteiger partial charge in [-0.15, -0.1) is 0 Å². The van der Waals surface area contributed by atoms with Crippen LogP contribution in [0.3, 0.4) is 0 Å². The average molecular weight is 399 g/mol. The van der Waals surface area contributed by atoms with Crippen LogP contribution in [0.2, 0.25) is 0 Å². The highest BCUT2D eigenvalue weighted by Crippen LogP contribution is 2.21. The van der Waals surface area contributed by atoms with Crippen LogP contribution in [-0.4, -0.2) is 15.5 Å². The first-order valence-electron chi connectivity index (χ1n) is 10.2. The summed E-state index contributed by atoms with van der Waals surface area (Å²) in [5, 5.41) is 2.98. The third-order valence-corrected chi connectivity index (χ3v) is 5.13. The van der Waals surface area contributed by atoms with Crippen molar-refractivity contribution in [1.82, 2.24) is 9.55 Å². The lowest BCUT2D eigenvalue weighted by atomic mass is 10.1. The number of nitrogens with zero attached hydrogens (tertiary/aromatic N) is 2. The molecule has 4 rings (SSSR count). The van der Waals surface area contributed by atoms with Crippen molar-refractivity contribution in [2.75, 3.05) is 5.32 Å². The van der Waals surface area contributed by atoms with Gasteiger partial charge in [0.1, 0.15) is 24.7 Å². The highest BCUT2D eigenvalue weighted by atomic mass is 16.5. The lowest BCUT2D eigenvalue weighted by molar-refractivity contribution is -0.116. The number of amides is 1. The molecule has 1 aromatic heterocycles. The molecule has 0 aliphatic heterocycles. The van der Waals surface area contributed by atoms with Crippen LogP contribution in [0.4, 0.5) is 5.69 Å². The van der Waals surface area contributed by atoms with Gasteiger partial charge in [0.05, 0.1) is 11.0 Å². The van der Waals surface area contributed by atoms with Crippen LogP contribution in [0.25, 0.3) is 11.0 Å². The second kappa shape index (κ2) is 8.82. The van der Waals surface area contributed by atoms with Gasteiger partial charge in [-0.1, -0.05) is 49.4 Å². The summed E-state index contributed by atoms with van der Waals surface area (Å²) in [6.45, 7) is 4.58. The molecule has 0 aliphatic rings. The number of carbonyl (C=O) groups excluding carboxylic acids is 1. The lowest BCUT2D eigenvalue weighted by Crippen LogP contribution is -2.20. The number of hydrogen-bond acceptors (Lipinski definition) is 3. The summed E-state index contributed by atoms with van der Waals surface area (Å²) in [6, 6.07) is 23.6. The predicted molar refractivity (Wildman–Crippen MR) is 120 cm³/mol. The van der Waals surface area contributed by atoms with E-state index in [-0.39, 0.29) is 19.1 Å². The number of aryl methyl sites for hydroxylation is 2. The van der Waals surface area contributed by atoms with Crippen molar-refractivity contribution in [3.63, 3.8) is 0 Å². The minimum Gasteiger partial charge on any atom is -0.485 e. The molecular formula is C25H25N3O2. The maximum atomic E-state index is 12.8. The minimum atomic E-state index is -0.0976. The fourth-order valence-electron chi connectivity index (χ4n) is 3.44. The SMILES string of the molecule is CCc1ccc(NC(=O)Cn2c(COc3ccccc3C)nc3ccccc32)cc1. The molecule has 0 fully saturated rings. The molecule has 3 aromatic carbocycles. The second-order valence-corrected chi connectivity index (χ2v) is 7.26. The fourth-order valence-corrected chi connectivity index (χ4v) is 3.44. The topological polar surface area (TPSA) is 56.2 Å². The normalized spacial score (nSPS) is 10.9. The zero-order chi connectivity index (χ0) is 20.9. The molecule has 0 saturated carbocycles. The number of carbonyl (C=O) groups is 1. The molecule has 0 bridgehead atoms. The zero-order valence-corrected chi connectivity index (χ0v) is 17.3. The highest BCUT2D eigenvalue weighted by molar-refractivity contribution is 5.91. The molecule has 5 heteroatoms. The molecule has 0 radical (unpaired) electrons. The molecule has 1 heterocycles. The number of aromatic nitrogens is 2. The van der Waals surface area contributed by atoms with Gasteiger partial charge in [-0.2, -0.15) is 0 Å². The molecule has 1 N–H and O–H groups in total. The third kappa shape index (κ3) is 4.35. The predicted octanol–water partition coefficient (Wildman–Crippen LogP) is 5.12. The molecule has 4 aromatic rings. The van der Waals surface area contributed by atoms with Crippen molar-refractivity contribution in [2.24, 2.45) is 0 Å². The number of imidazole rings is 1. The van der Waals surface area contributed by atoms with Gasteiger partial charge in [-0.25, -0.2) is 4.98 Å². The number of fused-ring (bicyclic) bond motifs is 1. The van der Waals surface area contributed by atoms with Crippen LogP contribution in [0.15, 0.2) is 72.8 Å². The van der Waals surface area contributed by atoms with E-state index in [1.165, 1.54) is 5.56 Å². The summed E-state index contributed by atoms with van der Waals surface area (Å²) in [6.07, 6.45) is 0.972. The number of anilines is 1. The minimum absolute atomic E-state index is 0.0976. The van der Waals surface area contributed by atoms with E-state index in [1.807, 2.05) is 84.3 Å². The van der Waals surface area contributed by atoms with E-state index in [0.717, 1.165) is 40.3 Å². The first-order valence-corrected chi connectivity index (χ1v) is 10.2. The zero-order valence-electron chi connectivity index (χ0n) is 17.3. The largest absolute Gasteiger partial charge is 0.485 e.